The van der Waals surface area contributed by atoms with Crippen molar-refractivity contribution in [1.29, 1.82) is 0 Å². The number of aliphatic hydroxyl groups excluding tert-OH is 1. The summed E-state index contributed by atoms with van der Waals surface area (Å²) in [6, 6.07) is 10.3. The van der Waals surface area contributed by atoms with Gasteiger partial charge in [-0.2, -0.15) is 5.10 Å². The zero-order valence-electron chi connectivity index (χ0n) is 15.9. The number of benzene rings is 2. The molecule has 0 fully saturated rings. The van der Waals surface area contributed by atoms with Gasteiger partial charge in [0.1, 0.15) is 22.6 Å². The Morgan fingerprint density at radius 3 is 2.50 bits per heavy atom. The fourth-order valence-electron chi connectivity index (χ4n) is 3.21. The van der Waals surface area contributed by atoms with E-state index >= 15 is 0 Å². The number of aliphatic hydroxyl groups is 1. The van der Waals surface area contributed by atoms with Crippen LogP contribution in [-0.2, 0) is 0 Å². The van der Waals surface area contributed by atoms with Gasteiger partial charge in [0.05, 0.1) is 23.7 Å². The molecule has 0 radical (unpaired) electrons. The zero-order valence-corrected chi connectivity index (χ0v) is 16.7. The highest BCUT2D eigenvalue weighted by Crippen LogP contribution is 2.39. The van der Waals surface area contributed by atoms with Crippen molar-refractivity contribution in [3.8, 4) is 28.6 Å². The van der Waals surface area contributed by atoms with Gasteiger partial charge in [0.15, 0.2) is 17.9 Å². The Bertz CT molecular complexity index is 1220. The number of para-hydroxylation sites is 1. The molecule has 0 spiro atoms. The van der Waals surface area contributed by atoms with E-state index in [4.69, 9.17) is 21.1 Å². The average Bonchev–Trinajstić information content (AvgIpc) is 3.09. The second-order valence-corrected chi connectivity index (χ2v) is 6.82. The van der Waals surface area contributed by atoms with Crippen molar-refractivity contribution in [2.45, 2.75) is 13.2 Å². The molecule has 9 heteroatoms. The third kappa shape index (κ3) is 3.44. The Hall–Kier alpha value is -3.23. The predicted octanol–water partition coefficient (Wildman–Crippen LogP) is 4.74. The van der Waals surface area contributed by atoms with Crippen molar-refractivity contribution in [1.82, 2.24) is 14.8 Å². The Morgan fingerprint density at radius 2 is 1.83 bits per heavy atom. The number of aromatic nitrogens is 3. The second-order valence-electron chi connectivity index (χ2n) is 6.41. The van der Waals surface area contributed by atoms with Crippen LogP contribution >= 0.6 is 11.6 Å². The second kappa shape index (κ2) is 7.89. The maximum atomic E-state index is 14.6. The summed E-state index contributed by atoms with van der Waals surface area (Å²) in [5.74, 6) is -1.03. The van der Waals surface area contributed by atoms with Crippen molar-refractivity contribution >= 4 is 22.5 Å². The molecule has 4 aromatic rings. The average molecular weight is 432 g/mol. The molecule has 0 amide bonds. The summed E-state index contributed by atoms with van der Waals surface area (Å²) in [6.07, 6.45) is 0.309. The first kappa shape index (κ1) is 20.1. The summed E-state index contributed by atoms with van der Waals surface area (Å²) < 4.78 is 40.9. The minimum atomic E-state index is -1.02. The van der Waals surface area contributed by atoms with Crippen molar-refractivity contribution in [2.75, 3.05) is 7.11 Å². The Balaban J connectivity index is 2.06. The van der Waals surface area contributed by atoms with E-state index < -0.39 is 17.9 Å². The largest absolute Gasteiger partial charge is 0.480 e. The number of nitrogens with zero attached hydrogens (tertiary/aromatic N) is 3. The van der Waals surface area contributed by atoms with Gasteiger partial charge < -0.3 is 14.6 Å². The summed E-state index contributed by atoms with van der Waals surface area (Å²) in [6.45, 7) is 1.48. The third-order valence-corrected chi connectivity index (χ3v) is 4.65. The Kier molecular flexibility index (Phi) is 5.27. The first-order chi connectivity index (χ1) is 14.4. The molecule has 0 bridgehead atoms. The number of hydrogen-bond donors (Lipinski definition) is 1. The Labute approximate surface area is 175 Å². The van der Waals surface area contributed by atoms with Gasteiger partial charge in [-0.1, -0.05) is 29.8 Å². The summed E-state index contributed by atoms with van der Waals surface area (Å²) in [5.41, 5.74) is 0.746. The number of methoxy groups -OCH3 is 1. The maximum Gasteiger partial charge on any atom is 0.225 e. The fraction of sp³-hybridized carbons (Fsp3) is 0.143. The van der Waals surface area contributed by atoms with Crippen molar-refractivity contribution < 1.29 is 23.4 Å². The van der Waals surface area contributed by atoms with E-state index in [9.17, 15) is 13.9 Å². The molecule has 2 heterocycles. The zero-order chi connectivity index (χ0) is 21.4. The first-order valence-corrected chi connectivity index (χ1v) is 9.29. The molecule has 1 N–H and O–H groups in total. The van der Waals surface area contributed by atoms with E-state index in [1.54, 1.807) is 24.3 Å². The molecule has 4 rings (SSSR count). The van der Waals surface area contributed by atoms with Gasteiger partial charge in [-0.25, -0.2) is 18.4 Å². The molecule has 154 valence electrons. The van der Waals surface area contributed by atoms with Gasteiger partial charge >= 0.3 is 0 Å². The van der Waals surface area contributed by atoms with Crippen molar-refractivity contribution in [2.24, 2.45) is 0 Å². The molecule has 1 unspecified atom stereocenters. The molecule has 30 heavy (non-hydrogen) atoms. The van der Waals surface area contributed by atoms with Crippen molar-refractivity contribution in [3.63, 3.8) is 0 Å². The number of ether oxygens (including phenoxy) is 2. The maximum absolute atomic E-state index is 14.6. The molecule has 6 nitrogen and oxygen atoms in total. The number of hydrogen-bond acceptors (Lipinski definition) is 5. The highest BCUT2D eigenvalue weighted by molar-refractivity contribution is 6.35. The van der Waals surface area contributed by atoms with Crippen LogP contribution < -0.4 is 9.47 Å². The van der Waals surface area contributed by atoms with Gasteiger partial charge in [-0.05, 0) is 31.2 Å². The SMILES string of the molecule is COc1ncc(Cl)c2c1c(-c1cccc(OC(C)O)c1)nn2-c1c(F)cccc1F. The van der Waals surface area contributed by atoms with Crippen LogP contribution in [0, 0.1) is 11.6 Å². The third-order valence-electron chi connectivity index (χ3n) is 4.38. The lowest BCUT2D eigenvalue weighted by molar-refractivity contribution is -0.000253. The van der Waals surface area contributed by atoms with Gasteiger partial charge in [0, 0.05) is 5.56 Å². The van der Waals surface area contributed by atoms with E-state index in [2.05, 4.69) is 10.1 Å². The molecule has 0 aliphatic carbocycles. The molecule has 2 aromatic carbocycles. The van der Waals surface area contributed by atoms with E-state index in [1.807, 2.05) is 0 Å². The van der Waals surface area contributed by atoms with E-state index in [0.29, 0.717) is 22.4 Å². The molecule has 0 saturated carbocycles. The minimum absolute atomic E-state index is 0.142. The van der Waals surface area contributed by atoms with Gasteiger partial charge in [0.25, 0.3) is 0 Å². The quantitative estimate of drug-likeness (QED) is 0.462. The Morgan fingerprint density at radius 1 is 1.13 bits per heavy atom. The summed E-state index contributed by atoms with van der Waals surface area (Å²) in [5, 5.41) is 14.5. The van der Waals surface area contributed by atoms with Crippen LogP contribution in [0.25, 0.3) is 27.8 Å². The molecular formula is C21H16ClF2N3O3. The van der Waals surface area contributed by atoms with E-state index in [0.717, 1.165) is 16.8 Å². The first-order valence-electron chi connectivity index (χ1n) is 8.91. The molecular weight excluding hydrogens is 416 g/mol. The molecule has 1 atom stereocenters. The highest BCUT2D eigenvalue weighted by atomic mass is 35.5. The minimum Gasteiger partial charge on any atom is -0.480 e. The van der Waals surface area contributed by atoms with Gasteiger partial charge in [-0.15, -0.1) is 0 Å². The van der Waals surface area contributed by atoms with Gasteiger partial charge in [0.2, 0.25) is 5.88 Å². The smallest absolute Gasteiger partial charge is 0.225 e. The number of halogens is 3. The summed E-state index contributed by atoms with van der Waals surface area (Å²) >= 11 is 6.37. The van der Waals surface area contributed by atoms with Crippen LogP contribution in [0.1, 0.15) is 6.92 Å². The standard InChI is InChI=1S/C21H16ClF2N3O3/c1-11(28)30-13-6-3-5-12(9-13)18-17-19(14(22)10-25-21(17)29-2)27(26-18)20-15(23)7-4-8-16(20)24/h3-11,28H,1-2H3. The number of fused-ring (bicyclic) bond motifs is 1. The van der Waals surface area contributed by atoms with Crippen LogP contribution in [0.15, 0.2) is 48.7 Å². The van der Waals surface area contributed by atoms with Crippen LogP contribution in [-0.4, -0.2) is 33.3 Å². The van der Waals surface area contributed by atoms with E-state index in [1.165, 1.54) is 26.3 Å². The molecule has 0 aliphatic rings. The summed E-state index contributed by atoms with van der Waals surface area (Å²) in [4.78, 5) is 4.17. The molecule has 2 aromatic heterocycles. The van der Waals surface area contributed by atoms with Crippen LogP contribution in [0.2, 0.25) is 5.02 Å². The lowest BCUT2D eigenvalue weighted by Gasteiger charge is -2.09. The van der Waals surface area contributed by atoms with Gasteiger partial charge in [-0.3, -0.25) is 0 Å². The lowest BCUT2D eigenvalue weighted by Crippen LogP contribution is -2.09. The molecule has 0 saturated heterocycles. The number of rotatable bonds is 5. The lowest BCUT2D eigenvalue weighted by atomic mass is 10.1. The summed E-state index contributed by atoms with van der Waals surface area (Å²) in [7, 11) is 1.42. The monoisotopic (exact) mass is 431 g/mol. The van der Waals surface area contributed by atoms with Crippen molar-refractivity contribution in [3.05, 3.63) is 65.3 Å². The van der Waals surface area contributed by atoms with E-state index in [-0.39, 0.29) is 22.1 Å². The van der Waals surface area contributed by atoms with Crippen LogP contribution in [0.4, 0.5) is 8.78 Å². The van der Waals surface area contributed by atoms with Crippen LogP contribution in [0.3, 0.4) is 0 Å². The number of pyridine rings is 1. The topological polar surface area (TPSA) is 69.4 Å². The van der Waals surface area contributed by atoms with Crippen LogP contribution in [0.5, 0.6) is 11.6 Å². The molecule has 0 aliphatic heterocycles. The predicted molar refractivity (Wildman–Crippen MR) is 108 cm³/mol. The normalized spacial score (nSPS) is 12.2. The fourth-order valence-corrected chi connectivity index (χ4v) is 3.43. The highest BCUT2D eigenvalue weighted by Gasteiger charge is 2.24.